The molecule has 1 aromatic heterocycles. The maximum Gasteiger partial charge on any atom is 0.141 e. The first kappa shape index (κ1) is 9.59. The van der Waals surface area contributed by atoms with Crippen molar-refractivity contribution in [2.75, 3.05) is 0 Å². The minimum Gasteiger partial charge on any atom is -0.306 e. The molecule has 1 saturated carbocycles. The lowest BCUT2D eigenvalue weighted by Gasteiger charge is -2.29. The molecular weight excluding hydrogens is 179 g/mol. The van der Waals surface area contributed by atoms with Crippen LogP contribution in [0.5, 0.6) is 0 Å². The van der Waals surface area contributed by atoms with Crippen LogP contribution in [0, 0.1) is 5.82 Å². The van der Waals surface area contributed by atoms with E-state index in [4.69, 9.17) is 0 Å². The van der Waals surface area contributed by atoms with Crippen molar-refractivity contribution < 1.29 is 4.39 Å². The molecule has 0 spiro atoms. The van der Waals surface area contributed by atoms with Crippen molar-refractivity contribution >= 4 is 0 Å². The highest BCUT2D eigenvalue weighted by Crippen LogP contribution is 2.21. The molecule has 0 saturated heterocycles. The standard InChI is InChI=1S/C11H15FN2/c1-8(14-10-3-2-4-10)11-6-5-9(12)7-13-11/h5-8,10,14H,2-4H2,1H3. The van der Waals surface area contributed by atoms with Gasteiger partial charge in [0.15, 0.2) is 0 Å². The van der Waals surface area contributed by atoms with Crippen LogP contribution in [-0.2, 0) is 0 Å². The third-order valence-electron chi connectivity index (χ3n) is 2.78. The van der Waals surface area contributed by atoms with E-state index < -0.39 is 0 Å². The Labute approximate surface area is 83.6 Å². The van der Waals surface area contributed by atoms with Crippen molar-refractivity contribution in [1.82, 2.24) is 10.3 Å². The third kappa shape index (κ3) is 2.10. The minimum atomic E-state index is -0.274. The summed E-state index contributed by atoms with van der Waals surface area (Å²) in [5.41, 5.74) is 0.915. The van der Waals surface area contributed by atoms with E-state index >= 15 is 0 Å². The Balaban J connectivity index is 1.95. The number of hydrogen-bond donors (Lipinski definition) is 1. The largest absolute Gasteiger partial charge is 0.306 e. The van der Waals surface area contributed by atoms with Gasteiger partial charge in [-0.25, -0.2) is 4.39 Å². The Kier molecular flexibility index (Phi) is 2.77. The minimum absolute atomic E-state index is 0.223. The molecule has 2 rings (SSSR count). The molecule has 1 unspecified atom stereocenters. The quantitative estimate of drug-likeness (QED) is 0.799. The number of pyridine rings is 1. The van der Waals surface area contributed by atoms with Crippen LogP contribution in [0.25, 0.3) is 0 Å². The van der Waals surface area contributed by atoms with Gasteiger partial charge in [-0.2, -0.15) is 0 Å². The summed E-state index contributed by atoms with van der Waals surface area (Å²) in [6.07, 6.45) is 5.10. The first-order valence-electron chi connectivity index (χ1n) is 5.13. The number of nitrogens with one attached hydrogen (secondary N) is 1. The summed E-state index contributed by atoms with van der Waals surface area (Å²) in [7, 11) is 0. The second-order valence-corrected chi connectivity index (χ2v) is 3.92. The Morgan fingerprint density at radius 1 is 1.50 bits per heavy atom. The Hall–Kier alpha value is -0.960. The van der Waals surface area contributed by atoms with Crippen molar-refractivity contribution in [2.45, 2.75) is 38.3 Å². The van der Waals surface area contributed by atoms with Gasteiger partial charge in [-0.3, -0.25) is 4.98 Å². The van der Waals surface area contributed by atoms with E-state index in [1.54, 1.807) is 6.07 Å². The van der Waals surface area contributed by atoms with E-state index in [2.05, 4.69) is 17.2 Å². The highest BCUT2D eigenvalue weighted by molar-refractivity contribution is 5.09. The van der Waals surface area contributed by atoms with Gasteiger partial charge in [-0.05, 0) is 31.9 Å². The summed E-state index contributed by atoms with van der Waals surface area (Å²) >= 11 is 0. The lowest BCUT2D eigenvalue weighted by atomic mass is 9.92. The second kappa shape index (κ2) is 4.05. The molecule has 1 atom stereocenters. The lowest BCUT2D eigenvalue weighted by Crippen LogP contribution is -2.37. The number of aromatic nitrogens is 1. The van der Waals surface area contributed by atoms with Crippen molar-refractivity contribution in [2.24, 2.45) is 0 Å². The molecule has 0 amide bonds. The van der Waals surface area contributed by atoms with Crippen LogP contribution in [0.1, 0.15) is 37.9 Å². The first-order valence-corrected chi connectivity index (χ1v) is 5.13. The molecule has 0 radical (unpaired) electrons. The molecule has 1 aliphatic rings. The van der Waals surface area contributed by atoms with E-state index in [1.165, 1.54) is 31.5 Å². The van der Waals surface area contributed by atoms with Gasteiger partial charge < -0.3 is 5.32 Å². The van der Waals surface area contributed by atoms with Gasteiger partial charge in [0.25, 0.3) is 0 Å². The molecule has 0 aliphatic heterocycles. The van der Waals surface area contributed by atoms with Crippen LogP contribution < -0.4 is 5.32 Å². The van der Waals surface area contributed by atoms with Gasteiger partial charge in [0.2, 0.25) is 0 Å². The van der Waals surface area contributed by atoms with Crippen LogP contribution in [0.2, 0.25) is 0 Å². The molecule has 0 aromatic carbocycles. The lowest BCUT2D eigenvalue weighted by molar-refractivity contribution is 0.311. The molecule has 0 bridgehead atoms. The summed E-state index contributed by atoms with van der Waals surface area (Å²) < 4.78 is 12.6. The summed E-state index contributed by atoms with van der Waals surface area (Å²) in [6.45, 7) is 2.07. The molecule has 1 aliphatic carbocycles. The second-order valence-electron chi connectivity index (χ2n) is 3.92. The number of rotatable bonds is 3. The van der Waals surface area contributed by atoms with Gasteiger partial charge in [0, 0.05) is 12.1 Å². The monoisotopic (exact) mass is 194 g/mol. The van der Waals surface area contributed by atoms with Gasteiger partial charge in [-0.1, -0.05) is 6.42 Å². The van der Waals surface area contributed by atoms with Crippen molar-refractivity contribution in [3.8, 4) is 0 Å². The predicted octanol–water partition coefficient (Wildman–Crippen LogP) is 2.42. The zero-order valence-corrected chi connectivity index (χ0v) is 8.33. The van der Waals surface area contributed by atoms with Crippen molar-refractivity contribution in [3.63, 3.8) is 0 Å². The Bertz CT molecular complexity index is 293. The molecule has 3 heteroatoms. The number of hydrogen-bond acceptors (Lipinski definition) is 2. The average Bonchev–Trinajstić information content (AvgIpc) is 2.12. The van der Waals surface area contributed by atoms with Crippen LogP contribution in [0.4, 0.5) is 4.39 Å². The number of halogens is 1. The van der Waals surface area contributed by atoms with E-state index in [0.717, 1.165) is 5.69 Å². The maximum absolute atomic E-state index is 12.6. The fourth-order valence-corrected chi connectivity index (χ4v) is 1.66. The average molecular weight is 194 g/mol. The predicted molar refractivity (Wildman–Crippen MR) is 53.4 cm³/mol. The SMILES string of the molecule is CC(NC1CCC1)c1ccc(F)cn1. The van der Waals surface area contributed by atoms with E-state index in [1.807, 2.05) is 0 Å². The fraction of sp³-hybridized carbons (Fsp3) is 0.545. The highest BCUT2D eigenvalue weighted by atomic mass is 19.1. The van der Waals surface area contributed by atoms with Gasteiger partial charge in [-0.15, -0.1) is 0 Å². The van der Waals surface area contributed by atoms with Crippen molar-refractivity contribution in [3.05, 3.63) is 29.8 Å². The van der Waals surface area contributed by atoms with Crippen LogP contribution >= 0.6 is 0 Å². The zero-order valence-electron chi connectivity index (χ0n) is 8.33. The Morgan fingerprint density at radius 2 is 2.29 bits per heavy atom. The number of nitrogens with zero attached hydrogens (tertiary/aromatic N) is 1. The smallest absolute Gasteiger partial charge is 0.141 e. The molecular formula is C11H15FN2. The fourth-order valence-electron chi connectivity index (χ4n) is 1.66. The van der Waals surface area contributed by atoms with Crippen molar-refractivity contribution in [1.29, 1.82) is 0 Å². The van der Waals surface area contributed by atoms with Gasteiger partial charge >= 0.3 is 0 Å². The molecule has 1 heterocycles. The third-order valence-corrected chi connectivity index (χ3v) is 2.78. The molecule has 76 valence electrons. The van der Waals surface area contributed by atoms with Crippen LogP contribution in [0.15, 0.2) is 18.3 Å². The first-order chi connectivity index (χ1) is 6.75. The molecule has 1 N–H and O–H groups in total. The zero-order chi connectivity index (χ0) is 9.97. The van der Waals surface area contributed by atoms with Gasteiger partial charge in [0.05, 0.1) is 11.9 Å². The maximum atomic E-state index is 12.6. The summed E-state index contributed by atoms with van der Waals surface area (Å²) in [5, 5.41) is 3.47. The summed E-state index contributed by atoms with van der Waals surface area (Å²) in [5.74, 6) is -0.274. The van der Waals surface area contributed by atoms with Crippen LogP contribution in [-0.4, -0.2) is 11.0 Å². The molecule has 14 heavy (non-hydrogen) atoms. The highest BCUT2D eigenvalue weighted by Gasteiger charge is 2.19. The van der Waals surface area contributed by atoms with E-state index in [-0.39, 0.29) is 11.9 Å². The molecule has 1 aromatic rings. The van der Waals surface area contributed by atoms with Crippen LogP contribution in [0.3, 0.4) is 0 Å². The molecule has 2 nitrogen and oxygen atoms in total. The van der Waals surface area contributed by atoms with E-state index in [9.17, 15) is 4.39 Å². The van der Waals surface area contributed by atoms with Gasteiger partial charge in [0.1, 0.15) is 5.82 Å². The summed E-state index contributed by atoms with van der Waals surface area (Å²) in [6, 6.07) is 4.06. The normalized spacial score (nSPS) is 19.0. The molecule has 1 fully saturated rings. The topological polar surface area (TPSA) is 24.9 Å². The van der Waals surface area contributed by atoms with E-state index in [0.29, 0.717) is 6.04 Å². The Morgan fingerprint density at radius 3 is 2.79 bits per heavy atom. The summed E-state index contributed by atoms with van der Waals surface area (Å²) in [4.78, 5) is 4.05.